The van der Waals surface area contributed by atoms with E-state index in [4.69, 9.17) is 10.8 Å². The number of aliphatic carboxylic acids is 2. The first-order chi connectivity index (χ1) is 32.1. The van der Waals surface area contributed by atoms with Crippen LogP contribution in [-0.4, -0.2) is 160 Å². The summed E-state index contributed by atoms with van der Waals surface area (Å²) in [4.78, 5) is 141. The van der Waals surface area contributed by atoms with E-state index in [0.717, 1.165) is 0 Å². The van der Waals surface area contributed by atoms with Crippen molar-refractivity contribution >= 4 is 76.9 Å². The highest BCUT2D eigenvalue weighted by Crippen LogP contribution is 2.13. The molecule has 0 aliphatic heterocycles. The van der Waals surface area contributed by atoms with Gasteiger partial charge < -0.3 is 68.9 Å². The molecule has 0 heterocycles. The minimum absolute atomic E-state index is 0.0738. The summed E-state index contributed by atoms with van der Waals surface area (Å²) in [5.74, 6) is -10.7. The second kappa shape index (κ2) is 32.3. The molecule has 0 aromatic rings. The van der Waals surface area contributed by atoms with E-state index in [1.54, 1.807) is 61.6 Å². The van der Waals surface area contributed by atoms with Gasteiger partial charge in [0, 0.05) is 6.42 Å². The predicted molar refractivity (Wildman–Crippen MR) is 256 cm³/mol. The van der Waals surface area contributed by atoms with Crippen molar-refractivity contribution < 1.29 is 68.1 Å². The Kier molecular flexibility index (Phi) is 29.7. The maximum absolute atomic E-state index is 13.8. The number of carboxylic acids is 2. The van der Waals surface area contributed by atoms with Gasteiger partial charge in [0.25, 0.3) is 0 Å². The van der Waals surface area contributed by atoms with Gasteiger partial charge in [-0.15, -0.1) is 0 Å². The van der Waals surface area contributed by atoms with Crippen LogP contribution in [0.2, 0.25) is 0 Å². The number of hydrogen-bond acceptors (Lipinski definition) is 14. The third-order valence-corrected chi connectivity index (χ3v) is 11.7. The van der Waals surface area contributed by atoms with Crippen LogP contribution in [0, 0.1) is 23.7 Å². The first-order valence-corrected chi connectivity index (χ1v) is 24.5. The Hall–Kier alpha value is -5.56. The zero-order valence-electron chi connectivity index (χ0n) is 41.7. The van der Waals surface area contributed by atoms with Gasteiger partial charge in [-0.1, -0.05) is 68.2 Å². The molecule has 11 atom stereocenters. The van der Waals surface area contributed by atoms with Gasteiger partial charge in [-0.3, -0.25) is 47.9 Å². The van der Waals surface area contributed by atoms with Gasteiger partial charge in [-0.25, -0.2) is 4.79 Å². The molecule has 0 saturated heterocycles. The highest BCUT2D eigenvalue weighted by atomic mass is 32.2. The fraction of sp³-hybridized carbons (Fsp3) is 0.750. The van der Waals surface area contributed by atoms with E-state index in [-0.39, 0.29) is 31.6 Å². The van der Waals surface area contributed by atoms with Crippen molar-refractivity contribution in [2.75, 3.05) is 25.1 Å². The summed E-state index contributed by atoms with van der Waals surface area (Å²) in [5.41, 5.74) is 5.78. The van der Waals surface area contributed by atoms with Crippen LogP contribution in [0.3, 0.4) is 0 Å². The maximum Gasteiger partial charge on any atom is 0.326 e. The lowest BCUT2D eigenvalue weighted by atomic mass is 9.96. The molecule has 9 amide bonds. The molecule has 0 fully saturated rings. The quantitative estimate of drug-likeness (QED) is 0.0333. The third kappa shape index (κ3) is 24.0. The number of carboxylic acid groups (broad SMARTS) is 2. The third-order valence-electron chi connectivity index (χ3n) is 11.1. The average molecular weight is 1000 g/mol. The van der Waals surface area contributed by atoms with Crippen molar-refractivity contribution in [1.29, 1.82) is 0 Å². The van der Waals surface area contributed by atoms with Crippen LogP contribution < -0.4 is 53.6 Å². The molecular formula is C44H78N10O14S. The van der Waals surface area contributed by atoms with Gasteiger partial charge in [0.1, 0.15) is 42.3 Å². The molecular weight excluding hydrogens is 925 g/mol. The number of rotatable bonds is 33. The van der Waals surface area contributed by atoms with Crippen molar-refractivity contribution in [3.8, 4) is 0 Å². The molecule has 0 bridgehead atoms. The van der Waals surface area contributed by atoms with Gasteiger partial charge in [0.2, 0.25) is 53.2 Å². The molecule has 0 aliphatic carbocycles. The average Bonchev–Trinajstić information content (AvgIpc) is 3.27. The number of aliphatic hydroxyl groups is 1. The highest BCUT2D eigenvalue weighted by molar-refractivity contribution is 7.98. The molecule has 0 unspecified atom stereocenters. The van der Waals surface area contributed by atoms with Crippen LogP contribution >= 0.6 is 11.8 Å². The molecule has 24 nitrogen and oxygen atoms in total. The van der Waals surface area contributed by atoms with Crippen LogP contribution in [0.5, 0.6) is 0 Å². The van der Waals surface area contributed by atoms with E-state index < -0.39 is 150 Å². The molecule has 0 rings (SSSR count). The lowest BCUT2D eigenvalue weighted by Gasteiger charge is -2.29. The minimum atomic E-state index is -1.58. The Labute approximate surface area is 408 Å². The van der Waals surface area contributed by atoms with E-state index in [1.807, 2.05) is 0 Å². The topological polar surface area (TPSA) is 383 Å². The summed E-state index contributed by atoms with van der Waals surface area (Å²) in [6.07, 6.45) is 0.864. The summed E-state index contributed by atoms with van der Waals surface area (Å²) in [6, 6.07) is -10.00. The highest BCUT2D eigenvalue weighted by Gasteiger charge is 2.36. The summed E-state index contributed by atoms with van der Waals surface area (Å²) in [5, 5.41) is 51.1. The Balaban J connectivity index is 5.75. The number of carbonyl (C=O) groups is 11. The molecule has 0 spiro atoms. The molecule has 0 aromatic carbocycles. The summed E-state index contributed by atoms with van der Waals surface area (Å²) in [6.45, 7) is 14.9. The van der Waals surface area contributed by atoms with Crippen molar-refractivity contribution in [3.05, 3.63) is 0 Å². The molecule has 14 N–H and O–H groups in total. The monoisotopic (exact) mass is 1000 g/mol. The van der Waals surface area contributed by atoms with Crippen LogP contribution in [-0.2, 0) is 52.7 Å². The van der Waals surface area contributed by atoms with Crippen LogP contribution in [0.4, 0.5) is 0 Å². The Morgan fingerprint density at radius 3 is 1.45 bits per heavy atom. The second-order valence-electron chi connectivity index (χ2n) is 17.9. The van der Waals surface area contributed by atoms with Crippen LogP contribution in [0.15, 0.2) is 0 Å². The largest absolute Gasteiger partial charge is 0.481 e. The molecule has 69 heavy (non-hydrogen) atoms. The van der Waals surface area contributed by atoms with Gasteiger partial charge in [-0.05, 0) is 68.8 Å². The van der Waals surface area contributed by atoms with Crippen LogP contribution in [0.25, 0.3) is 0 Å². The number of nitrogens with two attached hydrogens (primary N) is 1. The molecule has 394 valence electrons. The standard InChI is InChI=1S/C44H78N10O14S/c1-12-23(7)34(51-30(56)19-46-37(60)25(9)48-39(62)28(16-17-69-11)49-38(61)27(45)14-15-32(58)59)41(64)47-20-31(57)52-35(24(8)13-2)42(65)50-29(18-21(3)4)40(63)54-36(26(10)55)43(66)53-33(22(5)6)44(67)68/h21-29,33-36,55H,12-20,45H2,1-11H3,(H,46,60)(H,47,64)(H,48,62)(H,49,61)(H,50,65)(H,51,56)(H,52,57)(H,53,66)(H,54,63)(H,58,59)(H,67,68)/t23-,24-,25-,26+,27-,28-,29-,33-,34-,35-,36-/m0/s1. The van der Waals surface area contributed by atoms with E-state index in [1.165, 1.54) is 25.6 Å². The van der Waals surface area contributed by atoms with Gasteiger partial charge in [0.15, 0.2) is 0 Å². The van der Waals surface area contributed by atoms with Gasteiger partial charge in [-0.2, -0.15) is 11.8 Å². The zero-order valence-corrected chi connectivity index (χ0v) is 42.5. The number of nitrogens with one attached hydrogen (secondary N) is 9. The minimum Gasteiger partial charge on any atom is -0.481 e. The first kappa shape index (κ1) is 63.4. The Bertz CT molecular complexity index is 1770. The van der Waals surface area contributed by atoms with E-state index >= 15 is 0 Å². The van der Waals surface area contributed by atoms with Gasteiger partial charge >= 0.3 is 11.9 Å². The van der Waals surface area contributed by atoms with Crippen molar-refractivity contribution in [1.82, 2.24) is 47.9 Å². The fourth-order valence-electron chi connectivity index (χ4n) is 6.40. The van der Waals surface area contributed by atoms with E-state index in [9.17, 15) is 63.0 Å². The SMILES string of the molecule is CC[C@H](C)[C@H](NC(=O)CNC(=O)[C@H](C)NC(=O)[C@H](CCSC)NC(=O)[C@@H](N)CCC(=O)O)C(=O)NCC(=O)N[C@H](C(=O)N[C@@H](CC(C)C)C(=O)N[C@H](C(=O)N[C@H](C(=O)O)C(C)C)[C@@H](C)O)[C@@H](C)CC. The summed E-state index contributed by atoms with van der Waals surface area (Å²) in [7, 11) is 0. The first-order valence-electron chi connectivity index (χ1n) is 23.1. The van der Waals surface area contributed by atoms with Crippen molar-refractivity contribution in [2.24, 2.45) is 29.4 Å². The number of amides is 9. The van der Waals surface area contributed by atoms with E-state index in [0.29, 0.717) is 18.6 Å². The fourth-order valence-corrected chi connectivity index (χ4v) is 6.87. The Morgan fingerprint density at radius 1 is 0.536 bits per heavy atom. The zero-order chi connectivity index (χ0) is 53.3. The number of thioether (sulfide) groups is 1. The molecule has 0 aliphatic rings. The second-order valence-corrected chi connectivity index (χ2v) is 18.9. The molecule has 0 aromatic heterocycles. The summed E-state index contributed by atoms with van der Waals surface area (Å²) >= 11 is 1.40. The number of carbonyl (C=O) groups excluding carboxylic acids is 9. The van der Waals surface area contributed by atoms with Crippen molar-refractivity contribution in [2.45, 2.75) is 162 Å². The normalized spacial score (nSPS) is 16.0. The predicted octanol–water partition coefficient (Wildman–Crippen LogP) is -2.16. The lowest BCUT2D eigenvalue weighted by molar-refractivity contribution is -0.144. The number of aliphatic hydroxyl groups excluding tert-OH is 1. The van der Waals surface area contributed by atoms with Crippen LogP contribution in [0.1, 0.15) is 108 Å². The maximum atomic E-state index is 13.8. The van der Waals surface area contributed by atoms with E-state index in [2.05, 4.69) is 47.9 Å². The summed E-state index contributed by atoms with van der Waals surface area (Å²) < 4.78 is 0. The number of hydrogen-bond donors (Lipinski definition) is 13. The smallest absolute Gasteiger partial charge is 0.326 e. The Morgan fingerprint density at radius 2 is 1.00 bits per heavy atom. The molecule has 0 saturated carbocycles. The van der Waals surface area contributed by atoms with Gasteiger partial charge in [0.05, 0.1) is 25.2 Å². The van der Waals surface area contributed by atoms with Crippen molar-refractivity contribution in [3.63, 3.8) is 0 Å². The lowest BCUT2D eigenvalue weighted by Crippen LogP contribution is -2.61. The molecule has 0 radical (unpaired) electrons. The molecule has 25 heteroatoms.